The summed E-state index contributed by atoms with van der Waals surface area (Å²) in [6.07, 6.45) is 2.45. The molecule has 4 heteroatoms. The predicted octanol–water partition coefficient (Wildman–Crippen LogP) is 2.32. The Balaban J connectivity index is 2.22. The molecule has 2 rings (SSSR count). The topological polar surface area (TPSA) is 53.4 Å². The van der Waals surface area contributed by atoms with Gasteiger partial charge < -0.3 is 10.0 Å². The lowest BCUT2D eigenvalue weighted by Crippen LogP contribution is -2.34. The predicted molar refractivity (Wildman–Crippen MR) is 66.5 cm³/mol. The second-order valence-electron chi connectivity index (χ2n) is 4.80. The summed E-state index contributed by atoms with van der Waals surface area (Å²) < 4.78 is 0. The molecule has 0 aromatic carbocycles. The number of piperidine rings is 1. The number of aryl methyl sites for hydroxylation is 1. The number of anilines is 1. The molecule has 0 spiro atoms. The standard InChI is InChI=1S/C13H18N2O2/c1-9-4-3-7-15(8-9)12-6-5-11(13(16)17)10(2)14-12/h5-6,9H,3-4,7-8H2,1-2H3,(H,16,17). The van der Waals surface area contributed by atoms with Crippen molar-refractivity contribution in [1.29, 1.82) is 0 Å². The van der Waals surface area contributed by atoms with Crippen molar-refractivity contribution in [2.75, 3.05) is 18.0 Å². The number of carbonyl (C=O) groups is 1. The molecule has 1 atom stereocenters. The molecule has 1 fully saturated rings. The number of carboxylic acids is 1. The molecule has 0 radical (unpaired) electrons. The summed E-state index contributed by atoms with van der Waals surface area (Å²) in [6, 6.07) is 3.47. The smallest absolute Gasteiger partial charge is 0.337 e. The summed E-state index contributed by atoms with van der Waals surface area (Å²) in [7, 11) is 0. The van der Waals surface area contributed by atoms with Crippen molar-refractivity contribution in [3.8, 4) is 0 Å². The van der Waals surface area contributed by atoms with Crippen molar-refractivity contribution < 1.29 is 9.90 Å². The fraction of sp³-hybridized carbons (Fsp3) is 0.538. The van der Waals surface area contributed by atoms with E-state index in [0.29, 0.717) is 17.2 Å². The number of aromatic carboxylic acids is 1. The van der Waals surface area contributed by atoms with E-state index < -0.39 is 5.97 Å². The van der Waals surface area contributed by atoms with Crippen LogP contribution in [0.2, 0.25) is 0 Å². The number of pyridine rings is 1. The Bertz CT molecular complexity index is 431. The molecule has 1 N–H and O–H groups in total. The molecule has 2 heterocycles. The fourth-order valence-electron chi connectivity index (χ4n) is 2.35. The van der Waals surface area contributed by atoms with E-state index >= 15 is 0 Å². The van der Waals surface area contributed by atoms with Crippen molar-refractivity contribution in [2.45, 2.75) is 26.7 Å². The molecule has 0 amide bonds. The quantitative estimate of drug-likeness (QED) is 0.853. The third-order valence-electron chi connectivity index (χ3n) is 3.28. The van der Waals surface area contributed by atoms with Crippen molar-refractivity contribution in [3.63, 3.8) is 0 Å². The largest absolute Gasteiger partial charge is 0.478 e. The second-order valence-corrected chi connectivity index (χ2v) is 4.80. The van der Waals surface area contributed by atoms with Crippen molar-refractivity contribution in [2.24, 2.45) is 5.92 Å². The van der Waals surface area contributed by atoms with Crippen LogP contribution in [0.5, 0.6) is 0 Å². The molecule has 0 bridgehead atoms. The maximum Gasteiger partial charge on any atom is 0.337 e. The zero-order valence-electron chi connectivity index (χ0n) is 10.3. The molecule has 1 aromatic heterocycles. The van der Waals surface area contributed by atoms with Gasteiger partial charge >= 0.3 is 5.97 Å². The van der Waals surface area contributed by atoms with Gasteiger partial charge in [-0.1, -0.05) is 6.92 Å². The Morgan fingerprint density at radius 3 is 2.88 bits per heavy atom. The van der Waals surface area contributed by atoms with Gasteiger partial charge in [0.15, 0.2) is 0 Å². The van der Waals surface area contributed by atoms with Crippen LogP contribution in [0.4, 0.5) is 5.82 Å². The average Bonchev–Trinajstić information content (AvgIpc) is 2.28. The SMILES string of the molecule is Cc1nc(N2CCCC(C)C2)ccc1C(=O)O. The summed E-state index contributed by atoms with van der Waals surface area (Å²) >= 11 is 0. The third-order valence-corrected chi connectivity index (χ3v) is 3.28. The van der Waals surface area contributed by atoms with Crippen LogP contribution in [0.3, 0.4) is 0 Å². The van der Waals surface area contributed by atoms with Crippen LogP contribution in [0, 0.1) is 12.8 Å². The zero-order valence-corrected chi connectivity index (χ0v) is 10.3. The Hall–Kier alpha value is -1.58. The second kappa shape index (κ2) is 4.73. The highest BCUT2D eigenvalue weighted by Crippen LogP contribution is 2.22. The number of hydrogen-bond donors (Lipinski definition) is 1. The number of carboxylic acid groups (broad SMARTS) is 1. The Morgan fingerprint density at radius 2 is 2.29 bits per heavy atom. The number of rotatable bonds is 2. The maximum atomic E-state index is 10.9. The van der Waals surface area contributed by atoms with Crippen LogP contribution in [0.15, 0.2) is 12.1 Å². The summed E-state index contributed by atoms with van der Waals surface area (Å²) in [5.74, 6) is 0.678. The molecular weight excluding hydrogens is 216 g/mol. The average molecular weight is 234 g/mol. The Kier molecular flexibility index (Phi) is 3.31. The van der Waals surface area contributed by atoms with Crippen LogP contribution >= 0.6 is 0 Å². The molecule has 92 valence electrons. The summed E-state index contributed by atoms with van der Waals surface area (Å²) in [6.45, 7) is 6.02. The van der Waals surface area contributed by atoms with E-state index in [2.05, 4.69) is 16.8 Å². The first-order chi connectivity index (χ1) is 8.08. The molecule has 4 nitrogen and oxygen atoms in total. The lowest BCUT2D eigenvalue weighted by atomic mass is 10.0. The zero-order chi connectivity index (χ0) is 12.4. The van der Waals surface area contributed by atoms with Crippen molar-refractivity contribution in [1.82, 2.24) is 4.98 Å². The summed E-state index contributed by atoms with van der Waals surface area (Å²) in [5.41, 5.74) is 0.882. The van der Waals surface area contributed by atoms with E-state index in [1.54, 1.807) is 13.0 Å². The molecular formula is C13H18N2O2. The molecule has 1 aliphatic heterocycles. The van der Waals surface area contributed by atoms with Crippen LogP contribution in [0.25, 0.3) is 0 Å². The molecule has 1 unspecified atom stereocenters. The van der Waals surface area contributed by atoms with Gasteiger partial charge in [-0.2, -0.15) is 0 Å². The van der Waals surface area contributed by atoms with Crippen LogP contribution < -0.4 is 4.90 Å². The van der Waals surface area contributed by atoms with Gasteiger partial charge in [-0.3, -0.25) is 0 Å². The first-order valence-corrected chi connectivity index (χ1v) is 6.04. The maximum absolute atomic E-state index is 10.9. The highest BCUT2D eigenvalue weighted by Gasteiger charge is 2.18. The number of aromatic nitrogens is 1. The van der Waals surface area contributed by atoms with E-state index in [-0.39, 0.29) is 0 Å². The number of hydrogen-bond acceptors (Lipinski definition) is 3. The van der Waals surface area contributed by atoms with Crippen molar-refractivity contribution >= 4 is 11.8 Å². The molecule has 1 aromatic rings. The summed E-state index contributed by atoms with van der Waals surface area (Å²) in [5, 5.41) is 8.96. The van der Waals surface area contributed by atoms with Gasteiger partial charge in [-0.25, -0.2) is 9.78 Å². The summed E-state index contributed by atoms with van der Waals surface area (Å²) in [4.78, 5) is 17.5. The monoisotopic (exact) mass is 234 g/mol. The molecule has 1 saturated heterocycles. The first-order valence-electron chi connectivity index (χ1n) is 6.04. The molecule has 17 heavy (non-hydrogen) atoms. The van der Waals surface area contributed by atoms with Crippen LogP contribution in [-0.2, 0) is 0 Å². The van der Waals surface area contributed by atoms with Gasteiger partial charge in [0.05, 0.1) is 11.3 Å². The van der Waals surface area contributed by atoms with E-state index in [9.17, 15) is 4.79 Å². The first kappa shape index (κ1) is 11.9. The van der Waals surface area contributed by atoms with E-state index in [0.717, 1.165) is 18.9 Å². The minimum atomic E-state index is -0.909. The van der Waals surface area contributed by atoms with E-state index in [1.807, 2.05) is 6.07 Å². The van der Waals surface area contributed by atoms with Gasteiger partial charge in [0.25, 0.3) is 0 Å². The van der Waals surface area contributed by atoms with Crippen LogP contribution in [-0.4, -0.2) is 29.1 Å². The molecule has 0 aliphatic carbocycles. The van der Waals surface area contributed by atoms with Gasteiger partial charge in [-0.05, 0) is 37.8 Å². The highest BCUT2D eigenvalue weighted by atomic mass is 16.4. The minimum absolute atomic E-state index is 0.291. The van der Waals surface area contributed by atoms with Gasteiger partial charge in [-0.15, -0.1) is 0 Å². The van der Waals surface area contributed by atoms with Crippen LogP contribution in [0.1, 0.15) is 35.8 Å². The Morgan fingerprint density at radius 1 is 1.53 bits per heavy atom. The highest BCUT2D eigenvalue weighted by molar-refractivity contribution is 5.89. The molecule has 0 saturated carbocycles. The lowest BCUT2D eigenvalue weighted by molar-refractivity contribution is 0.0695. The van der Waals surface area contributed by atoms with Gasteiger partial charge in [0, 0.05) is 13.1 Å². The minimum Gasteiger partial charge on any atom is -0.478 e. The normalized spacial score (nSPS) is 20.4. The third kappa shape index (κ3) is 2.57. The van der Waals surface area contributed by atoms with E-state index in [4.69, 9.17) is 5.11 Å². The number of nitrogens with zero attached hydrogens (tertiary/aromatic N) is 2. The van der Waals surface area contributed by atoms with Crippen molar-refractivity contribution in [3.05, 3.63) is 23.4 Å². The van der Waals surface area contributed by atoms with Gasteiger partial charge in [0.2, 0.25) is 0 Å². The molecule has 1 aliphatic rings. The Labute approximate surface area is 101 Å². The fourth-order valence-corrected chi connectivity index (χ4v) is 2.35. The van der Waals surface area contributed by atoms with Gasteiger partial charge in [0.1, 0.15) is 5.82 Å². The lowest BCUT2D eigenvalue weighted by Gasteiger charge is -2.32. The van der Waals surface area contributed by atoms with E-state index in [1.165, 1.54) is 12.8 Å².